The smallest absolute Gasteiger partial charge is 0.401 e. The second-order valence-corrected chi connectivity index (χ2v) is 6.17. The number of ether oxygens (including phenoxy) is 1. The van der Waals surface area contributed by atoms with Crippen LogP contribution in [-0.4, -0.2) is 38.9 Å². The van der Waals surface area contributed by atoms with Crippen molar-refractivity contribution in [3.05, 3.63) is 59.0 Å². The topological polar surface area (TPSA) is 34.7 Å². The van der Waals surface area contributed by atoms with Gasteiger partial charge in [0.1, 0.15) is 5.75 Å². The van der Waals surface area contributed by atoms with Gasteiger partial charge in [0.2, 0.25) is 4.77 Å². The molecule has 2 heterocycles. The van der Waals surface area contributed by atoms with Crippen LogP contribution in [0, 0.1) is 4.77 Å². The van der Waals surface area contributed by atoms with E-state index in [0.717, 1.165) is 5.56 Å². The second kappa shape index (κ2) is 7.46. The minimum absolute atomic E-state index is 0.0634. The Balaban J connectivity index is 1.85. The van der Waals surface area contributed by atoms with Crippen LogP contribution in [0.15, 0.2) is 48.7 Å². The molecule has 0 radical (unpaired) electrons. The number of hydrogen-bond acceptors (Lipinski definition) is 4. The summed E-state index contributed by atoms with van der Waals surface area (Å²) in [5.74, 6) is 0.652. The molecular weight excluding hydrogens is 365 g/mol. The lowest BCUT2D eigenvalue weighted by molar-refractivity contribution is -0.151. The molecule has 0 atom stereocenters. The summed E-state index contributed by atoms with van der Waals surface area (Å²) in [6.45, 7) is -1.01. The van der Waals surface area contributed by atoms with E-state index in [1.165, 1.54) is 16.7 Å². The van der Waals surface area contributed by atoms with E-state index in [2.05, 4.69) is 5.10 Å². The van der Waals surface area contributed by atoms with E-state index in [-0.39, 0.29) is 13.2 Å². The summed E-state index contributed by atoms with van der Waals surface area (Å²) in [4.78, 5) is 1.25. The summed E-state index contributed by atoms with van der Waals surface area (Å²) in [5, 5.41) is 4.30. The Morgan fingerprint density at radius 2 is 1.88 bits per heavy atom. The summed E-state index contributed by atoms with van der Waals surface area (Å²) in [5.41, 5.74) is 1.33. The normalized spacial score (nSPS) is 12.0. The highest BCUT2D eigenvalue weighted by atomic mass is 32.1. The zero-order chi connectivity index (χ0) is 18.7. The molecule has 5 nitrogen and oxygen atoms in total. The van der Waals surface area contributed by atoms with Gasteiger partial charge >= 0.3 is 6.18 Å². The van der Waals surface area contributed by atoms with Gasteiger partial charge in [0.05, 0.1) is 20.3 Å². The van der Waals surface area contributed by atoms with Crippen LogP contribution < -0.4 is 4.74 Å². The Bertz CT molecular complexity index is 934. The van der Waals surface area contributed by atoms with Crippen molar-refractivity contribution in [2.45, 2.75) is 19.4 Å². The average molecular weight is 382 g/mol. The summed E-state index contributed by atoms with van der Waals surface area (Å²) in [6, 6.07) is 12.3. The summed E-state index contributed by atoms with van der Waals surface area (Å²) in [6.07, 6.45) is -2.59. The van der Waals surface area contributed by atoms with E-state index in [1.54, 1.807) is 53.1 Å². The first-order valence-electron chi connectivity index (χ1n) is 7.82. The van der Waals surface area contributed by atoms with E-state index in [1.807, 2.05) is 0 Å². The van der Waals surface area contributed by atoms with Gasteiger partial charge in [-0.2, -0.15) is 18.3 Å². The van der Waals surface area contributed by atoms with Gasteiger partial charge in [-0.05, 0) is 42.0 Å². The van der Waals surface area contributed by atoms with E-state index in [4.69, 9.17) is 17.0 Å². The molecule has 0 fully saturated rings. The number of rotatable bonds is 6. The molecule has 26 heavy (non-hydrogen) atoms. The van der Waals surface area contributed by atoms with Crippen molar-refractivity contribution in [2.75, 3.05) is 13.7 Å². The molecule has 0 spiro atoms. The SMILES string of the molecule is COc1ccc(CN(Cn2nc3ccccn3c2=S)CC(F)(F)F)cc1. The number of halogens is 3. The molecule has 0 N–H and O–H groups in total. The van der Waals surface area contributed by atoms with E-state index in [9.17, 15) is 13.2 Å². The van der Waals surface area contributed by atoms with Crippen LogP contribution in [-0.2, 0) is 13.2 Å². The number of hydrogen-bond donors (Lipinski definition) is 0. The third kappa shape index (κ3) is 4.41. The van der Waals surface area contributed by atoms with Crippen molar-refractivity contribution in [1.29, 1.82) is 0 Å². The standard InChI is InChI=1S/C17H17F3N4OS/c1-25-14-7-5-13(6-8-14)10-22(11-17(18,19)20)12-24-16(26)23-9-3-2-4-15(23)21-24/h2-9H,10-12H2,1H3. The van der Waals surface area contributed by atoms with Gasteiger partial charge in [0.15, 0.2) is 5.65 Å². The molecule has 0 aliphatic carbocycles. The Morgan fingerprint density at radius 1 is 1.15 bits per heavy atom. The van der Waals surface area contributed by atoms with Gasteiger partial charge in [-0.3, -0.25) is 9.30 Å². The number of aromatic nitrogens is 3. The zero-order valence-electron chi connectivity index (χ0n) is 14.0. The minimum Gasteiger partial charge on any atom is -0.497 e. The fourth-order valence-corrected chi connectivity index (χ4v) is 2.90. The highest BCUT2D eigenvalue weighted by Crippen LogP contribution is 2.20. The Kier molecular flexibility index (Phi) is 5.28. The van der Waals surface area contributed by atoms with Crippen molar-refractivity contribution in [2.24, 2.45) is 0 Å². The number of pyridine rings is 1. The summed E-state index contributed by atoms with van der Waals surface area (Å²) >= 11 is 5.32. The highest BCUT2D eigenvalue weighted by molar-refractivity contribution is 7.71. The van der Waals surface area contributed by atoms with Crippen molar-refractivity contribution in [3.63, 3.8) is 0 Å². The molecule has 3 aromatic rings. The van der Waals surface area contributed by atoms with Crippen LogP contribution in [0.2, 0.25) is 0 Å². The predicted molar refractivity (Wildman–Crippen MR) is 93.5 cm³/mol. The molecule has 0 amide bonds. The maximum absolute atomic E-state index is 13.0. The molecular formula is C17H17F3N4OS. The van der Waals surface area contributed by atoms with E-state index < -0.39 is 12.7 Å². The largest absolute Gasteiger partial charge is 0.497 e. The third-order valence-electron chi connectivity index (χ3n) is 3.79. The third-order valence-corrected chi connectivity index (χ3v) is 4.20. The zero-order valence-corrected chi connectivity index (χ0v) is 14.8. The maximum Gasteiger partial charge on any atom is 0.401 e. The highest BCUT2D eigenvalue weighted by Gasteiger charge is 2.31. The molecule has 0 aliphatic heterocycles. The first-order valence-corrected chi connectivity index (χ1v) is 8.23. The summed E-state index contributed by atoms with van der Waals surface area (Å²) < 4.78 is 47.5. The number of nitrogens with zero attached hydrogens (tertiary/aromatic N) is 4. The first kappa shape index (κ1) is 18.4. The lowest BCUT2D eigenvalue weighted by atomic mass is 10.2. The number of methoxy groups -OCH3 is 1. The fraction of sp³-hybridized carbons (Fsp3) is 0.294. The van der Waals surface area contributed by atoms with Gasteiger partial charge in [0.25, 0.3) is 0 Å². The fourth-order valence-electron chi connectivity index (χ4n) is 2.65. The Labute approximate surface area is 153 Å². The number of benzene rings is 1. The molecule has 0 bridgehead atoms. The van der Waals surface area contributed by atoms with E-state index >= 15 is 0 Å². The molecule has 138 valence electrons. The number of alkyl halides is 3. The monoisotopic (exact) mass is 382 g/mol. The molecule has 0 aliphatic rings. The van der Waals surface area contributed by atoms with Gasteiger partial charge < -0.3 is 4.74 Å². The van der Waals surface area contributed by atoms with Crippen LogP contribution in [0.5, 0.6) is 5.75 Å². The van der Waals surface area contributed by atoms with Gasteiger partial charge in [-0.15, -0.1) is 0 Å². The first-order chi connectivity index (χ1) is 12.4. The summed E-state index contributed by atoms with van der Waals surface area (Å²) in [7, 11) is 1.54. The van der Waals surface area contributed by atoms with Gasteiger partial charge in [0, 0.05) is 12.7 Å². The van der Waals surface area contributed by atoms with Crippen LogP contribution in [0.4, 0.5) is 13.2 Å². The van der Waals surface area contributed by atoms with Crippen LogP contribution in [0.1, 0.15) is 5.56 Å². The predicted octanol–water partition coefficient (Wildman–Crippen LogP) is 3.90. The lowest BCUT2D eigenvalue weighted by Gasteiger charge is -2.23. The Hall–Kier alpha value is -2.39. The molecule has 0 saturated carbocycles. The van der Waals surface area contributed by atoms with Crippen LogP contribution >= 0.6 is 12.2 Å². The maximum atomic E-state index is 13.0. The molecule has 3 rings (SSSR count). The van der Waals surface area contributed by atoms with Crippen molar-refractivity contribution >= 4 is 17.9 Å². The van der Waals surface area contributed by atoms with Gasteiger partial charge in [-0.1, -0.05) is 18.2 Å². The molecule has 9 heteroatoms. The molecule has 0 unspecified atom stereocenters. The minimum atomic E-state index is -4.33. The van der Waals surface area contributed by atoms with Crippen LogP contribution in [0.3, 0.4) is 0 Å². The average Bonchev–Trinajstić information content (AvgIpc) is 2.90. The molecule has 0 saturated heterocycles. The van der Waals surface area contributed by atoms with Crippen molar-refractivity contribution in [3.8, 4) is 5.75 Å². The molecule has 2 aromatic heterocycles. The lowest BCUT2D eigenvalue weighted by Crippen LogP contribution is -2.35. The van der Waals surface area contributed by atoms with Gasteiger partial charge in [-0.25, -0.2) is 4.68 Å². The Morgan fingerprint density at radius 3 is 2.50 bits per heavy atom. The second-order valence-electron chi connectivity index (χ2n) is 5.80. The van der Waals surface area contributed by atoms with E-state index in [0.29, 0.717) is 16.2 Å². The molecule has 1 aromatic carbocycles. The van der Waals surface area contributed by atoms with Crippen molar-refractivity contribution < 1.29 is 17.9 Å². The quantitative estimate of drug-likeness (QED) is 0.606. The number of fused-ring (bicyclic) bond motifs is 1. The van der Waals surface area contributed by atoms with Crippen molar-refractivity contribution in [1.82, 2.24) is 19.1 Å². The van der Waals surface area contributed by atoms with Crippen LogP contribution in [0.25, 0.3) is 5.65 Å².